The summed E-state index contributed by atoms with van der Waals surface area (Å²) in [5.74, 6) is -2.17. The second-order valence-corrected chi connectivity index (χ2v) is 17.8. The van der Waals surface area contributed by atoms with Gasteiger partial charge < -0.3 is 29.5 Å². The zero-order valence-electron chi connectivity index (χ0n) is 36.3. The van der Waals surface area contributed by atoms with Crippen molar-refractivity contribution in [2.24, 2.45) is 0 Å². The van der Waals surface area contributed by atoms with E-state index in [0.29, 0.717) is 39.8 Å². The lowest BCUT2D eigenvalue weighted by Crippen LogP contribution is -2.39. The van der Waals surface area contributed by atoms with E-state index < -0.39 is 17.9 Å². The number of aliphatic hydroxyl groups is 1. The molecule has 2 atom stereocenters. The van der Waals surface area contributed by atoms with Gasteiger partial charge in [0, 0.05) is 48.8 Å². The van der Waals surface area contributed by atoms with Gasteiger partial charge in [0.25, 0.3) is 0 Å². The normalized spacial score (nSPS) is 14.9. The summed E-state index contributed by atoms with van der Waals surface area (Å²) in [4.78, 5) is 62.8. The molecular weight excluding hydrogens is 973 g/mol. The minimum absolute atomic E-state index is 0.000608. The molecule has 0 spiro atoms. The van der Waals surface area contributed by atoms with Gasteiger partial charge in [0.1, 0.15) is 0 Å². The van der Waals surface area contributed by atoms with Crippen molar-refractivity contribution in [2.75, 3.05) is 27.3 Å². The molecule has 0 fully saturated rings. The molecule has 2 aliphatic rings. The Morgan fingerprint density at radius 3 is 1.23 bits per heavy atom. The minimum atomic E-state index is -1.05. The Morgan fingerprint density at radius 1 is 0.561 bits per heavy atom. The first kappa shape index (κ1) is 52.1. The lowest BCUT2D eigenvalue weighted by atomic mass is 9.93. The molecule has 2 aliphatic heterocycles. The Balaban J connectivity index is 0.000000191. The number of hydrogen-bond acceptors (Lipinski definition) is 8. The highest BCUT2D eigenvalue weighted by Crippen LogP contribution is 2.35. The van der Waals surface area contributed by atoms with E-state index in [4.69, 9.17) is 74.7 Å². The molecule has 66 heavy (non-hydrogen) atoms. The van der Waals surface area contributed by atoms with Crippen LogP contribution in [0, 0.1) is 0 Å². The summed E-state index contributed by atoms with van der Waals surface area (Å²) < 4.78 is 9.17. The van der Waals surface area contributed by atoms with Gasteiger partial charge in [0.15, 0.2) is 0 Å². The van der Waals surface area contributed by atoms with Crippen LogP contribution >= 0.6 is 69.6 Å². The first-order valence-electron chi connectivity index (χ1n) is 20.5. The number of carbonyl (C=O) groups is 5. The summed E-state index contributed by atoms with van der Waals surface area (Å²) in [5, 5.41) is 19.5. The van der Waals surface area contributed by atoms with Crippen LogP contribution in [0.2, 0.25) is 30.1 Å². The van der Waals surface area contributed by atoms with Crippen LogP contribution in [0.15, 0.2) is 84.9 Å². The Morgan fingerprint density at radius 2 is 0.894 bits per heavy atom. The first-order chi connectivity index (χ1) is 31.4. The number of amides is 2. The highest BCUT2D eigenvalue weighted by molar-refractivity contribution is 6.38. The Bertz CT molecular complexity index is 2570. The number of carbonyl (C=O) groups excluding carboxylic acids is 4. The quantitative estimate of drug-likeness (QED) is 0.138. The van der Waals surface area contributed by atoms with Crippen molar-refractivity contribution < 1.29 is 43.7 Å². The molecular formula is C49H46Cl6N2O9. The van der Waals surface area contributed by atoms with Crippen LogP contribution in [0.5, 0.6) is 0 Å². The summed E-state index contributed by atoms with van der Waals surface area (Å²) in [6.45, 7) is 5.30. The van der Waals surface area contributed by atoms with E-state index in [9.17, 15) is 29.1 Å². The number of esters is 2. The van der Waals surface area contributed by atoms with E-state index in [1.165, 1.54) is 60.7 Å². The molecule has 0 radical (unpaired) electrons. The van der Waals surface area contributed by atoms with E-state index in [2.05, 4.69) is 33.7 Å². The zero-order chi connectivity index (χ0) is 48.4. The summed E-state index contributed by atoms with van der Waals surface area (Å²) in [5.41, 5.74) is 7.47. The zero-order valence-corrected chi connectivity index (χ0v) is 40.8. The molecule has 0 saturated heterocycles. The van der Waals surface area contributed by atoms with E-state index in [-0.39, 0.29) is 86.5 Å². The standard InChI is InChI=1S/C20H19Cl2NO3.C19H19Cl2NO2.C10H8Cl2O4/c1-12-15-6-4-3-5-13(15)7-8-23(12)19(24)11-16-17(21)9-14(10-18(16)22)20(25)26-2;1-12-15-5-3-2-4-14(15)6-7-22(12)19(24)10-16-17(20)8-13(11-23)9-18(16)21;1-16-10(15)5-2-7(11)6(4-9(13)14)8(12)3-5/h3-6,9-10,12H,7-8,11H2,1-2H3;2-5,8-9,12,23H,6-7,10-11H2,1H3;2-3H,4H2,1H3,(H,13,14). The first-order valence-corrected chi connectivity index (χ1v) is 22.8. The molecule has 2 heterocycles. The third-order valence-electron chi connectivity index (χ3n) is 11.3. The Labute approximate surface area is 413 Å². The summed E-state index contributed by atoms with van der Waals surface area (Å²) in [6.07, 6.45) is 1.65. The van der Waals surface area contributed by atoms with Gasteiger partial charge >= 0.3 is 17.9 Å². The SMILES string of the molecule is CC1c2ccccc2CCN1C(=O)Cc1c(Cl)cc(CO)cc1Cl.COC(=O)c1cc(Cl)c(CC(=O)N2CCc3ccccc3C2C)c(Cl)c1.COC(=O)c1cc(Cl)c(CC(=O)O)c(Cl)c1. The molecule has 0 aliphatic carbocycles. The third kappa shape index (κ3) is 12.8. The highest BCUT2D eigenvalue weighted by Gasteiger charge is 2.30. The number of ether oxygens (including phenoxy) is 2. The molecule has 0 aromatic heterocycles. The van der Waals surface area contributed by atoms with Crippen molar-refractivity contribution in [1.29, 1.82) is 0 Å². The fraction of sp³-hybridized carbons (Fsp3) is 0.286. The van der Waals surface area contributed by atoms with E-state index in [0.717, 1.165) is 12.8 Å². The summed E-state index contributed by atoms with van der Waals surface area (Å²) in [6, 6.07) is 25.4. The maximum absolute atomic E-state index is 12.9. The summed E-state index contributed by atoms with van der Waals surface area (Å²) >= 11 is 36.7. The lowest BCUT2D eigenvalue weighted by Gasteiger charge is -2.35. The van der Waals surface area contributed by atoms with E-state index in [1.807, 2.05) is 47.9 Å². The predicted molar refractivity (Wildman–Crippen MR) is 257 cm³/mol. The van der Waals surface area contributed by atoms with Crippen molar-refractivity contribution >= 4 is 99.3 Å². The number of benzene rings is 5. The van der Waals surface area contributed by atoms with E-state index >= 15 is 0 Å². The molecule has 17 heteroatoms. The van der Waals surface area contributed by atoms with Gasteiger partial charge in [-0.2, -0.15) is 0 Å². The van der Waals surface area contributed by atoms with Crippen molar-refractivity contribution in [2.45, 2.75) is 64.6 Å². The molecule has 0 bridgehead atoms. The van der Waals surface area contributed by atoms with Gasteiger partial charge in [0.05, 0.1) is 63.3 Å². The molecule has 2 unspecified atom stereocenters. The highest BCUT2D eigenvalue weighted by atomic mass is 35.5. The van der Waals surface area contributed by atoms with Crippen LogP contribution in [0.3, 0.4) is 0 Å². The molecule has 348 valence electrons. The molecule has 2 amide bonds. The molecule has 7 rings (SSSR count). The molecule has 5 aromatic carbocycles. The van der Waals surface area contributed by atoms with Gasteiger partial charge in [-0.25, -0.2) is 9.59 Å². The lowest BCUT2D eigenvalue weighted by molar-refractivity contribution is -0.136. The smallest absolute Gasteiger partial charge is 0.337 e. The van der Waals surface area contributed by atoms with Gasteiger partial charge in [-0.05, 0) is 102 Å². The number of nitrogens with zero attached hydrogens (tertiary/aromatic N) is 2. The van der Waals surface area contributed by atoms with Crippen molar-refractivity contribution in [3.8, 4) is 0 Å². The van der Waals surface area contributed by atoms with Gasteiger partial charge in [0.2, 0.25) is 11.8 Å². The number of hydrogen-bond donors (Lipinski definition) is 2. The van der Waals surface area contributed by atoms with Crippen molar-refractivity contribution in [3.05, 3.63) is 171 Å². The van der Waals surface area contributed by atoms with Gasteiger partial charge in [-0.1, -0.05) is 118 Å². The molecule has 5 aromatic rings. The predicted octanol–water partition coefficient (Wildman–Crippen LogP) is 11.0. The molecule has 2 N–H and O–H groups in total. The number of rotatable bonds is 9. The van der Waals surface area contributed by atoms with E-state index in [1.54, 1.807) is 12.1 Å². The van der Waals surface area contributed by atoms with Crippen LogP contribution in [-0.4, -0.2) is 77.0 Å². The third-order valence-corrected chi connectivity index (χ3v) is 13.3. The Hall–Kier alpha value is -4.85. The summed E-state index contributed by atoms with van der Waals surface area (Å²) in [7, 11) is 2.52. The second kappa shape index (κ2) is 23.7. The monoisotopic (exact) mass is 1020 g/mol. The number of fused-ring (bicyclic) bond motifs is 2. The minimum Gasteiger partial charge on any atom is -0.481 e. The average molecular weight is 1020 g/mol. The molecule has 0 saturated carbocycles. The number of aliphatic carboxylic acids is 1. The maximum Gasteiger partial charge on any atom is 0.337 e. The van der Waals surface area contributed by atoms with Crippen LogP contribution in [-0.2, 0) is 62.6 Å². The fourth-order valence-electron chi connectivity index (χ4n) is 7.81. The average Bonchev–Trinajstić information content (AvgIpc) is 3.29. The van der Waals surface area contributed by atoms with Gasteiger partial charge in [-0.15, -0.1) is 0 Å². The van der Waals surface area contributed by atoms with Crippen LogP contribution in [0.4, 0.5) is 0 Å². The molecule has 11 nitrogen and oxygen atoms in total. The van der Waals surface area contributed by atoms with Gasteiger partial charge in [-0.3, -0.25) is 14.4 Å². The number of halogens is 6. The maximum atomic E-state index is 12.9. The number of aliphatic hydroxyl groups excluding tert-OH is 1. The largest absolute Gasteiger partial charge is 0.481 e. The van der Waals surface area contributed by atoms with Crippen LogP contribution in [0.25, 0.3) is 0 Å². The fourth-order valence-corrected chi connectivity index (χ4v) is 9.72. The second-order valence-electron chi connectivity index (χ2n) is 15.4. The Kier molecular flexibility index (Phi) is 18.7. The van der Waals surface area contributed by atoms with Crippen molar-refractivity contribution in [1.82, 2.24) is 9.80 Å². The van der Waals surface area contributed by atoms with Crippen LogP contribution < -0.4 is 0 Å². The van der Waals surface area contributed by atoms with Crippen molar-refractivity contribution in [3.63, 3.8) is 0 Å². The number of methoxy groups -OCH3 is 2. The topological polar surface area (TPSA) is 151 Å². The number of carboxylic acids is 1. The van der Waals surface area contributed by atoms with Crippen LogP contribution in [0.1, 0.15) is 91.2 Å². The number of carboxylic acid groups (broad SMARTS) is 1.